The second kappa shape index (κ2) is 16.9. The van der Waals surface area contributed by atoms with Crippen LogP contribution in [0.1, 0.15) is 108 Å². The fourth-order valence-corrected chi connectivity index (χ4v) is 3.50. The van der Waals surface area contributed by atoms with E-state index in [1.54, 1.807) is 6.07 Å². The van der Waals surface area contributed by atoms with Crippen molar-refractivity contribution >= 4 is 5.91 Å². The van der Waals surface area contributed by atoms with E-state index in [1.807, 2.05) is 0 Å². The van der Waals surface area contributed by atoms with Crippen LogP contribution < -0.4 is 5.32 Å². The molecule has 0 aliphatic heterocycles. The SMILES string of the molecule is CCCCCCCC/C=C\CCCCCCCC(=O)NCc1cccc(C(F)(F)F)c1. The third-order valence-electron chi connectivity index (χ3n) is 5.41. The van der Waals surface area contributed by atoms with Crippen molar-refractivity contribution in [3.63, 3.8) is 0 Å². The monoisotopic (exact) mass is 439 g/mol. The van der Waals surface area contributed by atoms with Gasteiger partial charge < -0.3 is 5.32 Å². The Bertz CT molecular complexity index is 625. The van der Waals surface area contributed by atoms with Gasteiger partial charge in [0.15, 0.2) is 0 Å². The Kier molecular flexibility index (Phi) is 14.8. The van der Waals surface area contributed by atoms with Gasteiger partial charge in [0.05, 0.1) is 5.56 Å². The molecule has 5 heteroatoms. The smallest absolute Gasteiger partial charge is 0.352 e. The fraction of sp³-hybridized carbons (Fsp3) is 0.654. The highest BCUT2D eigenvalue weighted by molar-refractivity contribution is 5.75. The second-order valence-electron chi connectivity index (χ2n) is 8.31. The van der Waals surface area contributed by atoms with Gasteiger partial charge in [0.2, 0.25) is 5.91 Å². The maximum absolute atomic E-state index is 12.7. The van der Waals surface area contributed by atoms with Crippen LogP contribution in [0.5, 0.6) is 0 Å². The van der Waals surface area contributed by atoms with E-state index in [-0.39, 0.29) is 12.5 Å². The molecule has 0 fully saturated rings. The molecule has 1 rings (SSSR count). The van der Waals surface area contributed by atoms with Crippen molar-refractivity contribution in [3.05, 3.63) is 47.5 Å². The number of hydrogen-bond acceptors (Lipinski definition) is 1. The predicted octanol–water partition coefficient (Wildman–Crippen LogP) is 8.36. The molecule has 31 heavy (non-hydrogen) atoms. The van der Waals surface area contributed by atoms with E-state index in [0.29, 0.717) is 12.0 Å². The highest BCUT2D eigenvalue weighted by atomic mass is 19.4. The fourth-order valence-electron chi connectivity index (χ4n) is 3.50. The number of rotatable bonds is 17. The van der Waals surface area contributed by atoms with Crippen LogP contribution in [0.2, 0.25) is 0 Å². The third-order valence-corrected chi connectivity index (χ3v) is 5.41. The Morgan fingerprint density at radius 2 is 1.45 bits per heavy atom. The minimum atomic E-state index is -4.36. The summed E-state index contributed by atoms with van der Waals surface area (Å²) in [7, 11) is 0. The average Bonchev–Trinajstić information content (AvgIpc) is 2.74. The van der Waals surface area contributed by atoms with Crippen LogP contribution in [0.15, 0.2) is 36.4 Å². The molecule has 0 spiro atoms. The zero-order chi connectivity index (χ0) is 22.8. The molecular formula is C26H40F3NO. The molecule has 2 nitrogen and oxygen atoms in total. The number of allylic oxidation sites excluding steroid dienone is 2. The normalized spacial score (nSPS) is 11.9. The molecular weight excluding hydrogens is 399 g/mol. The molecule has 0 bridgehead atoms. The molecule has 0 atom stereocenters. The van der Waals surface area contributed by atoms with Gasteiger partial charge in [-0.1, -0.05) is 82.6 Å². The van der Waals surface area contributed by atoms with Crippen LogP contribution >= 0.6 is 0 Å². The lowest BCUT2D eigenvalue weighted by Crippen LogP contribution is -2.22. The zero-order valence-corrected chi connectivity index (χ0v) is 19.1. The van der Waals surface area contributed by atoms with Gasteiger partial charge in [-0.25, -0.2) is 0 Å². The van der Waals surface area contributed by atoms with E-state index in [0.717, 1.165) is 37.8 Å². The van der Waals surface area contributed by atoms with Crippen LogP contribution in [-0.2, 0) is 17.5 Å². The molecule has 0 aliphatic carbocycles. The number of halogens is 3. The summed E-state index contributed by atoms with van der Waals surface area (Å²) in [4.78, 5) is 11.9. The molecule has 0 unspecified atom stereocenters. The summed E-state index contributed by atoms with van der Waals surface area (Å²) in [5, 5.41) is 2.71. The van der Waals surface area contributed by atoms with Gasteiger partial charge in [0.1, 0.15) is 0 Å². The minimum absolute atomic E-state index is 0.102. The lowest BCUT2D eigenvalue weighted by Gasteiger charge is -2.09. The van der Waals surface area contributed by atoms with Crippen LogP contribution in [-0.4, -0.2) is 5.91 Å². The van der Waals surface area contributed by atoms with Crippen LogP contribution in [0, 0.1) is 0 Å². The van der Waals surface area contributed by atoms with Crippen molar-refractivity contribution in [1.29, 1.82) is 0 Å². The molecule has 0 saturated heterocycles. The molecule has 0 aromatic heterocycles. The quantitative estimate of drug-likeness (QED) is 0.192. The number of carbonyl (C=O) groups excluding carboxylic acids is 1. The van der Waals surface area contributed by atoms with Gasteiger partial charge in [-0.15, -0.1) is 0 Å². The molecule has 0 heterocycles. The van der Waals surface area contributed by atoms with Gasteiger partial charge in [-0.05, 0) is 49.8 Å². The highest BCUT2D eigenvalue weighted by Gasteiger charge is 2.30. The van der Waals surface area contributed by atoms with Gasteiger partial charge in [-0.3, -0.25) is 4.79 Å². The number of benzene rings is 1. The molecule has 1 amide bonds. The van der Waals surface area contributed by atoms with Crippen molar-refractivity contribution in [2.75, 3.05) is 0 Å². The van der Waals surface area contributed by atoms with Crippen molar-refractivity contribution in [2.24, 2.45) is 0 Å². The number of amides is 1. The number of carbonyl (C=O) groups is 1. The number of alkyl halides is 3. The minimum Gasteiger partial charge on any atom is -0.352 e. The van der Waals surface area contributed by atoms with Crippen molar-refractivity contribution in [3.8, 4) is 0 Å². The Labute approximate surface area is 186 Å². The van der Waals surface area contributed by atoms with Gasteiger partial charge >= 0.3 is 6.18 Å². The second-order valence-corrected chi connectivity index (χ2v) is 8.31. The highest BCUT2D eigenvalue weighted by Crippen LogP contribution is 2.29. The van der Waals surface area contributed by atoms with E-state index >= 15 is 0 Å². The summed E-state index contributed by atoms with van der Waals surface area (Å²) in [6.07, 6.45) is 16.4. The van der Waals surface area contributed by atoms with Crippen molar-refractivity contribution < 1.29 is 18.0 Å². The van der Waals surface area contributed by atoms with E-state index in [4.69, 9.17) is 0 Å². The summed E-state index contributed by atoms with van der Waals surface area (Å²) in [5.74, 6) is -0.102. The molecule has 176 valence electrons. The zero-order valence-electron chi connectivity index (χ0n) is 19.1. The summed E-state index contributed by atoms with van der Waals surface area (Å²) < 4.78 is 38.1. The van der Waals surface area contributed by atoms with Crippen LogP contribution in [0.3, 0.4) is 0 Å². The van der Waals surface area contributed by atoms with Crippen LogP contribution in [0.25, 0.3) is 0 Å². The van der Waals surface area contributed by atoms with E-state index < -0.39 is 11.7 Å². The lowest BCUT2D eigenvalue weighted by atomic mass is 10.1. The summed E-state index contributed by atoms with van der Waals surface area (Å²) in [6.45, 7) is 2.38. The molecule has 0 saturated carbocycles. The summed E-state index contributed by atoms with van der Waals surface area (Å²) in [5.41, 5.74) is -0.218. The molecule has 0 radical (unpaired) electrons. The Balaban J connectivity index is 1.96. The lowest BCUT2D eigenvalue weighted by molar-refractivity contribution is -0.137. The van der Waals surface area contributed by atoms with Crippen LogP contribution in [0.4, 0.5) is 13.2 Å². The first kappa shape index (κ1) is 27.3. The van der Waals surface area contributed by atoms with Gasteiger partial charge in [-0.2, -0.15) is 13.2 Å². The molecule has 1 aromatic rings. The molecule has 1 aromatic carbocycles. The Morgan fingerprint density at radius 1 is 0.871 bits per heavy atom. The largest absolute Gasteiger partial charge is 0.416 e. The molecule has 0 aliphatic rings. The standard InChI is InChI=1S/C26H40F3NO/c1-2-3-4-5-6-7-8-9-10-11-12-13-14-15-16-20-25(31)30-22-23-18-17-19-24(21-23)26(27,28)29/h9-10,17-19,21H,2-8,11-16,20,22H2,1H3,(H,30,31)/b10-9-. The first-order valence-corrected chi connectivity index (χ1v) is 12.0. The Hall–Kier alpha value is -1.78. The Morgan fingerprint density at radius 3 is 2.06 bits per heavy atom. The van der Waals surface area contributed by atoms with Gasteiger partial charge in [0.25, 0.3) is 0 Å². The predicted molar refractivity (Wildman–Crippen MR) is 123 cm³/mol. The van der Waals surface area contributed by atoms with E-state index in [2.05, 4.69) is 24.4 Å². The third kappa shape index (κ3) is 14.8. The van der Waals surface area contributed by atoms with Crippen molar-refractivity contribution in [2.45, 2.75) is 110 Å². The van der Waals surface area contributed by atoms with Gasteiger partial charge in [0, 0.05) is 13.0 Å². The van der Waals surface area contributed by atoms with Crippen molar-refractivity contribution in [1.82, 2.24) is 5.32 Å². The summed E-state index contributed by atoms with van der Waals surface area (Å²) in [6, 6.07) is 5.09. The van der Waals surface area contributed by atoms with E-state index in [9.17, 15) is 18.0 Å². The number of hydrogen-bond donors (Lipinski definition) is 1. The topological polar surface area (TPSA) is 29.1 Å². The first-order chi connectivity index (χ1) is 14.9. The van der Waals surface area contributed by atoms with E-state index in [1.165, 1.54) is 63.9 Å². The molecule has 1 N–H and O–H groups in total. The summed E-state index contributed by atoms with van der Waals surface area (Å²) >= 11 is 0. The number of unbranched alkanes of at least 4 members (excludes halogenated alkanes) is 11. The maximum Gasteiger partial charge on any atom is 0.416 e. The first-order valence-electron chi connectivity index (χ1n) is 12.0. The average molecular weight is 440 g/mol. The maximum atomic E-state index is 12.7. The number of nitrogens with one attached hydrogen (secondary N) is 1.